The first-order valence-electron chi connectivity index (χ1n) is 8.55. The summed E-state index contributed by atoms with van der Waals surface area (Å²) < 4.78 is 27.0. The van der Waals surface area contributed by atoms with Crippen LogP contribution in [0.15, 0.2) is 23.1 Å². The lowest BCUT2D eigenvalue weighted by atomic mass is 9.96. The van der Waals surface area contributed by atoms with Crippen LogP contribution < -0.4 is 5.32 Å². The first kappa shape index (κ1) is 19.0. The number of hydrogen-bond donors (Lipinski definition) is 1. The van der Waals surface area contributed by atoms with Gasteiger partial charge in [0.25, 0.3) is 0 Å². The van der Waals surface area contributed by atoms with Crippen molar-refractivity contribution < 1.29 is 13.2 Å². The van der Waals surface area contributed by atoms with E-state index < -0.39 is 10.0 Å². The molecule has 1 aliphatic carbocycles. The van der Waals surface area contributed by atoms with Crippen molar-refractivity contribution in [3.8, 4) is 0 Å². The fourth-order valence-corrected chi connectivity index (χ4v) is 5.83. The number of carbonyl (C=O) groups is 1. The van der Waals surface area contributed by atoms with Gasteiger partial charge in [0.2, 0.25) is 15.9 Å². The van der Waals surface area contributed by atoms with E-state index in [0.29, 0.717) is 31.8 Å². The molecule has 2 aliphatic rings. The van der Waals surface area contributed by atoms with E-state index >= 15 is 0 Å². The molecule has 8 heteroatoms. The molecule has 0 radical (unpaired) electrons. The maximum absolute atomic E-state index is 12.8. The second-order valence-electron chi connectivity index (χ2n) is 6.86. The smallest absolute Gasteiger partial charge is 0.246 e. The Labute approximate surface area is 158 Å². The molecule has 1 aliphatic heterocycles. The van der Waals surface area contributed by atoms with E-state index in [1.165, 1.54) is 29.3 Å². The highest BCUT2D eigenvalue weighted by Crippen LogP contribution is 2.34. The van der Waals surface area contributed by atoms with Crippen molar-refractivity contribution in [2.45, 2.75) is 43.5 Å². The molecule has 1 atom stereocenters. The Balaban J connectivity index is 1.64. The zero-order valence-electron chi connectivity index (χ0n) is 14.0. The quantitative estimate of drug-likeness (QED) is 0.818. The van der Waals surface area contributed by atoms with Gasteiger partial charge in [0.05, 0.1) is 10.0 Å². The molecule has 0 aromatic heterocycles. The van der Waals surface area contributed by atoms with Crippen molar-refractivity contribution in [3.63, 3.8) is 0 Å². The number of carbonyl (C=O) groups excluding carboxylic acids is 1. The van der Waals surface area contributed by atoms with Crippen molar-refractivity contribution in [2.24, 2.45) is 11.8 Å². The van der Waals surface area contributed by atoms with Gasteiger partial charge in [-0.2, -0.15) is 4.31 Å². The first-order valence-corrected chi connectivity index (χ1v) is 10.7. The molecule has 1 heterocycles. The highest BCUT2D eigenvalue weighted by atomic mass is 35.5. The number of sulfonamides is 1. The van der Waals surface area contributed by atoms with Crippen molar-refractivity contribution in [1.29, 1.82) is 0 Å². The van der Waals surface area contributed by atoms with Crippen LogP contribution in [-0.4, -0.2) is 37.8 Å². The van der Waals surface area contributed by atoms with Crippen molar-refractivity contribution in [1.82, 2.24) is 9.62 Å². The number of hydrogen-bond acceptors (Lipinski definition) is 3. The molecule has 1 amide bonds. The predicted octanol–water partition coefficient (Wildman–Crippen LogP) is 3.31. The number of nitrogens with zero attached hydrogens (tertiary/aromatic N) is 1. The lowest BCUT2D eigenvalue weighted by Gasteiger charge is -2.31. The number of halogens is 2. The lowest BCUT2D eigenvalue weighted by Crippen LogP contribution is -2.45. The van der Waals surface area contributed by atoms with E-state index in [0.717, 1.165) is 0 Å². The molecule has 1 aromatic carbocycles. The Hall–Kier alpha value is -0.820. The number of piperidine rings is 1. The Bertz CT molecular complexity index is 737. The molecule has 3 rings (SSSR count). The summed E-state index contributed by atoms with van der Waals surface area (Å²) in [6, 6.07) is 4.84. The summed E-state index contributed by atoms with van der Waals surface area (Å²) in [6.07, 6.45) is 3.36. The molecule has 0 unspecified atom stereocenters. The van der Waals surface area contributed by atoms with Gasteiger partial charge in [0.15, 0.2) is 0 Å². The molecule has 138 valence electrons. The molecular weight excluding hydrogens is 383 g/mol. The van der Waals surface area contributed by atoms with Gasteiger partial charge in [-0.15, -0.1) is 0 Å². The molecule has 25 heavy (non-hydrogen) atoms. The third-order valence-electron chi connectivity index (χ3n) is 5.04. The molecule has 0 spiro atoms. The lowest BCUT2D eigenvalue weighted by molar-refractivity contribution is -0.126. The van der Waals surface area contributed by atoms with Crippen LogP contribution >= 0.6 is 23.2 Å². The molecule has 1 saturated carbocycles. The van der Waals surface area contributed by atoms with Gasteiger partial charge in [-0.1, -0.05) is 29.3 Å². The minimum absolute atomic E-state index is 0.0345. The van der Waals surface area contributed by atoms with E-state index in [2.05, 4.69) is 5.32 Å². The summed E-state index contributed by atoms with van der Waals surface area (Å²) in [7, 11) is -3.76. The van der Waals surface area contributed by atoms with Crippen LogP contribution in [0.4, 0.5) is 0 Å². The second-order valence-corrected chi connectivity index (χ2v) is 9.55. The second kappa shape index (κ2) is 7.43. The molecule has 0 bridgehead atoms. The molecular formula is C17H22Cl2N2O3S. The molecule has 1 saturated heterocycles. The van der Waals surface area contributed by atoms with Gasteiger partial charge < -0.3 is 5.32 Å². The van der Waals surface area contributed by atoms with Crippen LogP contribution in [0.5, 0.6) is 0 Å². The van der Waals surface area contributed by atoms with Crippen molar-refractivity contribution >= 4 is 39.1 Å². The number of amides is 1. The summed E-state index contributed by atoms with van der Waals surface area (Å²) in [5, 5.41) is 3.30. The summed E-state index contributed by atoms with van der Waals surface area (Å²) >= 11 is 12.1. The molecule has 1 aromatic rings. The van der Waals surface area contributed by atoms with Crippen LogP contribution in [-0.2, 0) is 14.8 Å². The molecule has 5 nitrogen and oxygen atoms in total. The van der Waals surface area contributed by atoms with E-state index in [1.54, 1.807) is 6.07 Å². The van der Waals surface area contributed by atoms with Crippen molar-refractivity contribution in [2.75, 3.05) is 13.1 Å². The van der Waals surface area contributed by atoms with Gasteiger partial charge in [-0.25, -0.2) is 8.42 Å². The molecule has 1 N–H and O–H groups in total. The third kappa shape index (κ3) is 4.13. The largest absolute Gasteiger partial charge is 0.353 e. The predicted molar refractivity (Wildman–Crippen MR) is 98.3 cm³/mol. The minimum atomic E-state index is -3.76. The summed E-state index contributed by atoms with van der Waals surface area (Å²) in [6.45, 7) is 2.62. The summed E-state index contributed by atoms with van der Waals surface area (Å²) in [4.78, 5) is 12.3. The summed E-state index contributed by atoms with van der Waals surface area (Å²) in [5.41, 5.74) is 0. The van der Waals surface area contributed by atoms with Gasteiger partial charge in [0.1, 0.15) is 4.90 Å². The Kier molecular flexibility index (Phi) is 5.63. The van der Waals surface area contributed by atoms with Crippen LogP contribution in [0.25, 0.3) is 0 Å². The van der Waals surface area contributed by atoms with E-state index in [9.17, 15) is 13.2 Å². The number of benzene rings is 1. The van der Waals surface area contributed by atoms with Gasteiger partial charge in [-0.05, 0) is 50.7 Å². The normalized spacial score (nSPS) is 21.1. The zero-order chi connectivity index (χ0) is 18.2. The van der Waals surface area contributed by atoms with Crippen molar-refractivity contribution in [3.05, 3.63) is 28.2 Å². The summed E-state index contributed by atoms with van der Waals surface area (Å²) in [5.74, 6) is 0.494. The average molecular weight is 405 g/mol. The maximum atomic E-state index is 12.8. The standard InChI is InChI=1S/C17H22Cl2N2O3S/c1-11(12-5-6-12)20-17(22)13-7-9-21(10-8-13)25(23,24)16-14(18)3-2-4-15(16)19/h2-4,11-13H,5-10H2,1H3,(H,20,22)/t11-/m0/s1. The van der Waals surface area contributed by atoms with Crippen LogP contribution in [0, 0.1) is 11.8 Å². The first-order chi connectivity index (χ1) is 11.8. The minimum Gasteiger partial charge on any atom is -0.353 e. The van der Waals surface area contributed by atoms with Gasteiger partial charge >= 0.3 is 0 Å². The fourth-order valence-electron chi connectivity index (χ4n) is 3.27. The van der Waals surface area contributed by atoms with E-state index in [1.807, 2.05) is 6.92 Å². The Morgan fingerprint density at radius 2 is 1.72 bits per heavy atom. The highest BCUT2D eigenvalue weighted by Gasteiger charge is 2.36. The van der Waals surface area contributed by atoms with Crippen LogP contribution in [0.2, 0.25) is 10.0 Å². The molecule has 2 fully saturated rings. The average Bonchev–Trinajstić information content (AvgIpc) is 3.39. The number of nitrogens with one attached hydrogen (secondary N) is 1. The zero-order valence-corrected chi connectivity index (χ0v) is 16.4. The van der Waals surface area contributed by atoms with E-state index in [-0.39, 0.29) is 32.8 Å². The number of rotatable bonds is 5. The SMILES string of the molecule is C[C@H](NC(=O)C1CCN(S(=O)(=O)c2c(Cl)cccc2Cl)CC1)C1CC1. The van der Waals surface area contributed by atoms with Gasteiger partial charge in [0, 0.05) is 25.0 Å². The third-order valence-corrected chi connectivity index (χ3v) is 7.90. The highest BCUT2D eigenvalue weighted by molar-refractivity contribution is 7.89. The van der Waals surface area contributed by atoms with Crippen LogP contribution in [0.1, 0.15) is 32.6 Å². The Morgan fingerprint density at radius 3 is 2.24 bits per heavy atom. The van der Waals surface area contributed by atoms with Gasteiger partial charge in [-0.3, -0.25) is 4.79 Å². The van der Waals surface area contributed by atoms with E-state index in [4.69, 9.17) is 23.2 Å². The topological polar surface area (TPSA) is 66.5 Å². The van der Waals surface area contributed by atoms with Crippen LogP contribution in [0.3, 0.4) is 0 Å². The monoisotopic (exact) mass is 404 g/mol. The Morgan fingerprint density at radius 1 is 1.16 bits per heavy atom. The fraction of sp³-hybridized carbons (Fsp3) is 0.588. The maximum Gasteiger partial charge on any atom is 0.246 e.